The number of aromatic nitrogens is 2. The molecule has 0 fully saturated rings. The van der Waals surface area contributed by atoms with Gasteiger partial charge in [0.25, 0.3) is 0 Å². The fourth-order valence-electron chi connectivity index (χ4n) is 1.15. The van der Waals surface area contributed by atoms with Crippen LogP contribution in [-0.4, -0.2) is 15.9 Å². The van der Waals surface area contributed by atoms with Crippen molar-refractivity contribution in [1.82, 2.24) is 9.78 Å². The fraction of sp³-hybridized carbons (Fsp3) is 0.700. The Morgan fingerprint density at radius 1 is 1.54 bits per heavy atom. The van der Waals surface area contributed by atoms with E-state index in [4.69, 9.17) is 4.74 Å². The number of ether oxygens (including phenoxy) is 1. The second-order valence-electron chi connectivity index (χ2n) is 3.41. The van der Waals surface area contributed by atoms with Crippen LogP contribution in [-0.2, 0) is 17.9 Å². The summed E-state index contributed by atoms with van der Waals surface area (Å²) in [5.41, 5.74) is 1.16. The molecular formula is C10H18N2O. The Balaban J connectivity index is 2.49. The predicted molar refractivity (Wildman–Crippen MR) is 52.4 cm³/mol. The fourth-order valence-corrected chi connectivity index (χ4v) is 1.15. The Morgan fingerprint density at radius 2 is 2.31 bits per heavy atom. The normalized spacial score (nSPS) is 11.1. The lowest BCUT2D eigenvalue weighted by molar-refractivity contribution is 0.0611. The van der Waals surface area contributed by atoms with Crippen molar-refractivity contribution in [3.05, 3.63) is 18.0 Å². The first-order valence-corrected chi connectivity index (χ1v) is 4.86. The lowest BCUT2D eigenvalue weighted by Crippen LogP contribution is -2.08. The molecule has 0 aliphatic rings. The molecule has 3 nitrogen and oxygen atoms in total. The SMILES string of the molecule is CCCn1nccc1COC(C)C. The van der Waals surface area contributed by atoms with E-state index in [2.05, 4.69) is 12.0 Å². The number of aryl methyl sites for hydroxylation is 1. The molecule has 74 valence electrons. The Hall–Kier alpha value is -0.830. The lowest BCUT2D eigenvalue weighted by atomic mass is 10.4. The van der Waals surface area contributed by atoms with Crippen LogP contribution in [0.3, 0.4) is 0 Å². The molecule has 0 radical (unpaired) electrons. The summed E-state index contributed by atoms with van der Waals surface area (Å²) in [5.74, 6) is 0. The van der Waals surface area contributed by atoms with E-state index in [1.54, 1.807) is 0 Å². The largest absolute Gasteiger partial charge is 0.373 e. The Labute approximate surface area is 79.7 Å². The third-order valence-electron chi connectivity index (χ3n) is 1.80. The zero-order valence-corrected chi connectivity index (χ0v) is 8.66. The van der Waals surface area contributed by atoms with Crippen LogP contribution in [0.25, 0.3) is 0 Å². The minimum atomic E-state index is 0.282. The zero-order chi connectivity index (χ0) is 9.68. The van der Waals surface area contributed by atoms with E-state index >= 15 is 0 Å². The van der Waals surface area contributed by atoms with Gasteiger partial charge >= 0.3 is 0 Å². The number of rotatable bonds is 5. The van der Waals surface area contributed by atoms with Gasteiger partial charge in [0.1, 0.15) is 0 Å². The molecule has 0 amide bonds. The number of hydrogen-bond donors (Lipinski definition) is 0. The lowest BCUT2D eigenvalue weighted by Gasteiger charge is -2.09. The molecule has 0 aliphatic carbocycles. The van der Waals surface area contributed by atoms with E-state index < -0.39 is 0 Å². The van der Waals surface area contributed by atoms with E-state index in [9.17, 15) is 0 Å². The quantitative estimate of drug-likeness (QED) is 0.698. The second-order valence-corrected chi connectivity index (χ2v) is 3.41. The standard InChI is InChI=1S/C10H18N2O/c1-4-7-12-10(5-6-11-12)8-13-9(2)3/h5-6,9H,4,7-8H2,1-3H3. The smallest absolute Gasteiger partial charge is 0.0888 e. The maximum Gasteiger partial charge on any atom is 0.0888 e. The average molecular weight is 182 g/mol. The van der Waals surface area contributed by atoms with E-state index in [1.165, 1.54) is 0 Å². The highest BCUT2D eigenvalue weighted by Gasteiger charge is 2.02. The molecule has 0 saturated carbocycles. The van der Waals surface area contributed by atoms with Gasteiger partial charge in [-0.25, -0.2) is 0 Å². The van der Waals surface area contributed by atoms with Crippen LogP contribution >= 0.6 is 0 Å². The zero-order valence-electron chi connectivity index (χ0n) is 8.66. The minimum absolute atomic E-state index is 0.282. The summed E-state index contributed by atoms with van der Waals surface area (Å²) in [6.07, 6.45) is 3.22. The molecule has 0 unspecified atom stereocenters. The molecule has 1 rings (SSSR count). The Bertz CT molecular complexity index is 243. The van der Waals surface area contributed by atoms with E-state index in [1.807, 2.05) is 30.8 Å². The summed E-state index contributed by atoms with van der Waals surface area (Å²) < 4.78 is 7.51. The van der Waals surface area contributed by atoms with Gasteiger partial charge in [-0.15, -0.1) is 0 Å². The van der Waals surface area contributed by atoms with Crippen molar-refractivity contribution in [3.63, 3.8) is 0 Å². The van der Waals surface area contributed by atoms with Crippen LogP contribution < -0.4 is 0 Å². The molecule has 0 N–H and O–H groups in total. The number of nitrogens with zero attached hydrogens (tertiary/aromatic N) is 2. The molecule has 0 spiro atoms. The molecule has 0 aliphatic heterocycles. The molecular weight excluding hydrogens is 164 g/mol. The Kier molecular flexibility index (Phi) is 3.96. The summed E-state index contributed by atoms with van der Waals surface area (Å²) in [6.45, 7) is 7.87. The van der Waals surface area contributed by atoms with Crippen LogP contribution in [0, 0.1) is 0 Å². The first-order chi connectivity index (χ1) is 6.24. The van der Waals surface area contributed by atoms with Gasteiger partial charge in [-0.2, -0.15) is 5.10 Å². The van der Waals surface area contributed by atoms with Crippen molar-refractivity contribution in [2.75, 3.05) is 0 Å². The summed E-state index contributed by atoms with van der Waals surface area (Å²) in [4.78, 5) is 0. The van der Waals surface area contributed by atoms with E-state index in [-0.39, 0.29) is 6.10 Å². The molecule has 13 heavy (non-hydrogen) atoms. The third-order valence-corrected chi connectivity index (χ3v) is 1.80. The van der Waals surface area contributed by atoms with Gasteiger partial charge < -0.3 is 4.74 Å². The van der Waals surface area contributed by atoms with Gasteiger partial charge in [-0.1, -0.05) is 6.92 Å². The minimum Gasteiger partial charge on any atom is -0.373 e. The monoisotopic (exact) mass is 182 g/mol. The third kappa shape index (κ3) is 3.19. The maximum atomic E-state index is 5.51. The van der Waals surface area contributed by atoms with Crippen LogP contribution in [0.5, 0.6) is 0 Å². The molecule has 0 saturated heterocycles. The highest BCUT2D eigenvalue weighted by atomic mass is 16.5. The number of hydrogen-bond acceptors (Lipinski definition) is 2. The first kappa shape index (κ1) is 10.3. The topological polar surface area (TPSA) is 27.1 Å². The second kappa shape index (κ2) is 5.02. The van der Waals surface area contributed by atoms with E-state index in [0.29, 0.717) is 6.61 Å². The average Bonchev–Trinajstić information content (AvgIpc) is 2.49. The van der Waals surface area contributed by atoms with Crippen molar-refractivity contribution in [2.24, 2.45) is 0 Å². The maximum absolute atomic E-state index is 5.51. The first-order valence-electron chi connectivity index (χ1n) is 4.86. The van der Waals surface area contributed by atoms with Gasteiger partial charge in [-0.3, -0.25) is 4.68 Å². The summed E-state index contributed by atoms with van der Waals surface area (Å²) in [5, 5.41) is 4.22. The molecule has 1 aromatic rings. The van der Waals surface area contributed by atoms with Crippen molar-refractivity contribution in [1.29, 1.82) is 0 Å². The van der Waals surface area contributed by atoms with Gasteiger partial charge in [0, 0.05) is 12.7 Å². The van der Waals surface area contributed by atoms with Crippen molar-refractivity contribution < 1.29 is 4.74 Å². The summed E-state index contributed by atoms with van der Waals surface area (Å²) >= 11 is 0. The summed E-state index contributed by atoms with van der Waals surface area (Å²) in [7, 11) is 0. The van der Waals surface area contributed by atoms with Crippen LogP contribution in [0.15, 0.2) is 12.3 Å². The summed E-state index contributed by atoms with van der Waals surface area (Å²) in [6, 6.07) is 2.01. The molecule has 3 heteroatoms. The molecule has 0 bridgehead atoms. The highest BCUT2D eigenvalue weighted by Crippen LogP contribution is 2.03. The Morgan fingerprint density at radius 3 is 2.92 bits per heavy atom. The van der Waals surface area contributed by atoms with Crippen LogP contribution in [0.1, 0.15) is 32.9 Å². The molecule has 1 aromatic heterocycles. The van der Waals surface area contributed by atoms with Gasteiger partial charge in [0.2, 0.25) is 0 Å². The molecule has 0 aromatic carbocycles. The van der Waals surface area contributed by atoms with Gasteiger partial charge in [-0.05, 0) is 26.3 Å². The molecule has 0 atom stereocenters. The van der Waals surface area contributed by atoms with Gasteiger partial charge in [0.05, 0.1) is 18.4 Å². The van der Waals surface area contributed by atoms with Crippen LogP contribution in [0.2, 0.25) is 0 Å². The van der Waals surface area contributed by atoms with E-state index in [0.717, 1.165) is 18.7 Å². The highest BCUT2D eigenvalue weighted by molar-refractivity contribution is 4.98. The molecule has 1 heterocycles. The predicted octanol–water partition coefficient (Wildman–Crippen LogP) is 2.22. The van der Waals surface area contributed by atoms with Gasteiger partial charge in [0.15, 0.2) is 0 Å². The van der Waals surface area contributed by atoms with Crippen molar-refractivity contribution in [2.45, 2.75) is 46.4 Å². The van der Waals surface area contributed by atoms with Crippen molar-refractivity contribution >= 4 is 0 Å². The van der Waals surface area contributed by atoms with Crippen molar-refractivity contribution in [3.8, 4) is 0 Å². The van der Waals surface area contributed by atoms with Crippen LogP contribution in [0.4, 0.5) is 0 Å².